The molecule has 1 saturated heterocycles. The van der Waals surface area contributed by atoms with E-state index in [-0.39, 0.29) is 18.4 Å². The van der Waals surface area contributed by atoms with Crippen LogP contribution in [-0.2, 0) is 9.53 Å². The summed E-state index contributed by atoms with van der Waals surface area (Å²) in [6.45, 7) is 0.385. The number of nitrogens with zero attached hydrogens (tertiary/aromatic N) is 1. The lowest BCUT2D eigenvalue weighted by Gasteiger charge is -2.31. The number of carbonyl (C=O) groups is 2. The van der Waals surface area contributed by atoms with Crippen LogP contribution in [0.25, 0.3) is 0 Å². The summed E-state index contributed by atoms with van der Waals surface area (Å²) < 4.78 is 5.17. The fourth-order valence-corrected chi connectivity index (χ4v) is 2.17. The van der Waals surface area contributed by atoms with E-state index >= 15 is 0 Å². The van der Waals surface area contributed by atoms with Crippen LogP contribution in [0.5, 0.6) is 0 Å². The van der Waals surface area contributed by atoms with Gasteiger partial charge in [-0.3, -0.25) is 14.6 Å². The predicted octanol–water partition coefficient (Wildman–Crippen LogP) is -1.23. The number of H-pyrrole nitrogens is 2. The molecule has 21 heavy (non-hydrogen) atoms. The molecule has 1 aliphatic rings. The van der Waals surface area contributed by atoms with E-state index in [4.69, 9.17) is 9.84 Å². The van der Waals surface area contributed by atoms with Crippen molar-refractivity contribution in [1.29, 1.82) is 0 Å². The lowest BCUT2D eigenvalue weighted by Crippen LogP contribution is -2.42. The smallest absolute Gasteiger partial charge is 0.329 e. The molecule has 0 bridgehead atoms. The Morgan fingerprint density at radius 1 is 1.29 bits per heavy atom. The van der Waals surface area contributed by atoms with Crippen molar-refractivity contribution in [2.24, 2.45) is 0 Å². The van der Waals surface area contributed by atoms with E-state index in [1.807, 2.05) is 4.98 Å². The highest BCUT2D eigenvalue weighted by molar-refractivity contribution is 5.92. The first-order chi connectivity index (χ1) is 9.95. The molecule has 9 nitrogen and oxygen atoms in total. The average Bonchev–Trinajstić information content (AvgIpc) is 2.44. The summed E-state index contributed by atoms with van der Waals surface area (Å²) >= 11 is 0. The average molecular weight is 297 g/mol. The van der Waals surface area contributed by atoms with Crippen LogP contribution in [0.15, 0.2) is 15.7 Å². The molecule has 2 heterocycles. The first-order valence-electron chi connectivity index (χ1n) is 6.42. The molecular formula is C12H15N3O6. The molecule has 1 fully saturated rings. The summed E-state index contributed by atoms with van der Waals surface area (Å²) in [7, 11) is 0. The van der Waals surface area contributed by atoms with Crippen molar-refractivity contribution >= 4 is 11.9 Å². The van der Waals surface area contributed by atoms with Crippen LogP contribution < -0.4 is 11.2 Å². The summed E-state index contributed by atoms with van der Waals surface area (Å²) in [5.41, 5.74) is -1.43. The number of hydrogen-bond acceptors (Lipinski definition) is 5. The number of aromatic nitrogens is 2. The molecule has 0 unspecified atom stereocenters. The lowest BCUT2D eigenvalue weighted by molar-refractivity contribution is -0.145. The first-order valence-corrected chi connectivity index (χ1v) is 6.42. The number of rotatable bonds is 4. The van der Waals surface area contributed by atoms with Gasteiger partial charge in [-0.15, -0.1) is 0 Å². The van der Waals surface area contributed by atoms with Gasteiger partial charge in [0.15, 0.2) is 0 Å². The predicted molar refractivity (Wildman–Crippen MR) is 70.2 cm³/mol. The maximum Gasteiger partial charge on any atom is 0.329 e. The molecule has 0 saturated carbocycles. The van der Waals surface area contributed by atoms with Crippen LogP contribution in [0.1, 0.15) is 23.3 Å². The van der Waals surface area contributed by atoms with Gasteiger partial charge in [0.05, 0.1) is 6.10 Å². The van der Waals surface area contributed by atoms with Gasteiger partial charge in [-0.25, -0.2) is 9.59 Å². The van der Waals surface area contributed by atoms with E-state index in [0.29, 0.717) is 25.9 Å². The summed E-state index contributed by atoms with van der Waals surface area (Å²) in [4.78, 5) is 50.6. The maximum absolute atomic E-state index is 12.1. The Morgan fingerprint density at radius 3 is 2.52 bits per heavy atom. The Hall–Kier alpha value is -2.42. The summed E-state index contributed by atoms with van der Waals surface area (Å²) in [5.74, 6) is -1.47. The van der Waals surface area contributed by atoms with E-state index in [9.17, 15) is 19.2 Å². The molecule has 1 aliphatic heterocycles. The van der Waals surface area contributed by atoms with Crippen LogP contribution in [0.4, 0.5) is 0 Å². The van der Waals surface area contributed by atoms with Crippen molar-refractivity contribution in [2.45, 2.75) is 18.9 Å². The molecule has 114 valence electrons. The van der Waals surface area contributed by atoms with Crippen molar-refractivity contribution in [1.82, 2.24) is 14.9 Å². The number of aromatic amines is 2. The van der Waals surface area contributed by atoms with Gasteiger partial charge < -0.3 is 19.7 Å². The number of carboxylic acids is 1. The molecule has 0 spiro atoms. The molecule has 9 heteroatoms. The fraction of sp³-hybridized carbons (Fsp3) is 0.500. The van der Waals surface area contributed by atoms with Gasteiger partial charge in [-0.1, -0.05) is 0 Å². The summed E-state index contributed by atoms with van der Waals surface area (Å²) in [6.07, 6.45) is 0.808. The molecule has 0 aromatic carbocycles. The number of ether oxygens (including phenoxy) is 1. The minimum Gasteiger partial charge on any atom is -0.480 e. The monoisotopic (exact) mass is 297 g/mol. The maximum atomic E-state index is 12.1. The van der Waals surface area contributed by atoms with E-state index in [2.05, 4.69) is 4.98 Å². The Labute approximate surface area is 118 Å². The van der Waals surface area contributed by atoms with E-state index in [1.54, 1.807) is 0 Å². The molecule has 0 atom stereocenters. The second kappa shape index (κ2) is 6.35. The van der Waals surface area contributed by atoms with Crippen LogP contribution in [0.2, 0.25) is 0 Å². The Bertz CT molecular complexity index is 613. The van der Waals surface area contributed by atoms with Gasteiger partial charge in [0.1, 0.15) is 12.3 Å². The van der Waals surface area contributed by atoms with Gasteiger partial charge in [0.2, 0.25) is 0 Å². The molecule has 1 amide bonds. The minimum absolute atomic E-state index is 0.0614. The van der Waals surface area contributed by atoms with Crippen molar-refractivity contribution in [3.8, 4) is 0 Å². The number of likely N-dealkylation sites (tertiary alicyclic amines) is 1. The Morgan fingerprint density at radius 2 is 1.95 bits per heavy atom. The molecule has 3 N–H and O–H groups in total. The lowest BCUT2D eigenvalue weighted by atomic mass is 10.1. The molecule has 1 aromatic heterocycles. The number of carbonyl (C=O) groups excluding carboxylic acids is 1. The highest BCUT2D eigenvalue weighted by Gasteiger charge is 2.25. The van der Waals surface area contributed by atoms with Crippen molar-refractivity contribution < 1.29 is 19.4 Å². The van der Waals surface area contributed by atoms with Gasteiger partial charge >= 0.3 is 11.7 Å². The van der Waals surface area contributed by atoms with Crippen LogP contribution in [0, 0.1) is 0 Å². The third kappa shape index (κ3) is 4.02. The van der Waals surface area contributed by atoms with Crippen molar-refractivity contribution in [2.75, 3.05) is 19.7 Å². The number of amides is 1. The van der Waals surface area contributed by atoms with Gasteiger partial charge in [0.25, 0.3) is 11.5 Å². The molecule has 0 radical (unpaired) electrons. The number of aliphatic carboxylic acids is 1. The normalized spacial score (nSPS) is 15.9. The van der Waals surface area contributed by atoms with Crippen LogP contribution >= 0.6 is 0 Å². The summed E-state index contributed by atoms with van der Waals surface area (Å²) in [6, 6.07) is 1.04. The van der Waals surface area contributed by atoms with E-state index in [1.165, 1.54) is 4.90 Å². The third-order valence-corrected chi connectivity index (χ3v) is 3.16. The highest BCUT2D eigenvalue weighted by Crippen LogP contribution is 2.15. The van der Waals surface area contributed by atoms with Crippen molar-refractivity contribution in [3.05, 3.63) is 32.6 Å². The fourth-order valence-electron chi connectivity index (χ4n) is 2.17. The number of nitrogens with one attached hydrogen (secondary N) is 2. The van der Waals surface area contributed by atoms with Crippen molar-refractivity contribution in [3.63, 3.8) is 0 Å². The Kier molecular flexibility index (Phi) is 4.53. The van der Waals surface area contributed by atoms with Gasteiger partial charge in [-0.2, -0.15) is 0 Å². The van der Waals surface area contributed by atoms with Gasteiger partial charge in [0, 0.05) is 19.2 Å². The quantitative estimate of drug-likeness (QED) is 0.637. The number of piperidine rings is 1. The molecule has 1 aromatic rings. The van der Waals surface area contributed by atoms with Crippen LogP contribution in [0.3, 0.4) is 0 Å². The SMILES string of the molecule is O=C(O)COC1CCN(C(=O)c2cc(=O)[nH]c(=O)[nH]2)CC1. The second-order valence-electron chi connectivity index (χ2n) is 4.70. The molecule has 2 rings (SSSR count). The topological polar surface area (TPSA) is 133 Å². The number of hydrogen-bond donors (Lipinski definition) is 3. The zero-order valence-corrected chi connectivity index (χ0v) is 11.1. The highest BCUT2D eigenvalue weighted by atomic mass is 16.5. The van der Waals surface area contributed by atoms with Gasteiger partial charge in [-0.05, 0) is 12.8 Å². The standard InChI is InChI=1S/C12H15N3O6/c16-9-5-8(13-12(20)14-9)11(19)15-3-1-7(2-4-15)21-6-10(17)18/h5,7H,1-4,6H2,(H,17,18)(H2,13,14,16,20). The Balaban J connectivity index is 1.95. The summed E-state index contributed by atoms with van der Waals surface area (Å²) in [5, 5.41) is 8.53. The third-order valence-electron chi connectivity index (χ3n) is 3.16. The zero-order chi connectivity index (χ0) is 15.4. The second-order valence-corrected chi connectivity index (χ2v) is 4.70. The number of carboxylic acid groups (broad SMARTS) is 1. The van der Waals surface area contributed by atoms with E-state index in [0.717, 1.165) is 6.07 Å². The zero-order valence-electron chi connectivity index (χ0n) is 11.1. The minimum atomic E-state index is -1.03. The van der Waals surface area contributed by atoms with E-state index < -0.39 is 23.1 Å². The largest absolute Gasteiger partial charge is 0.480 e. The molecule has 0 aliphatic carbocycles. The van der Waals surface area contributed by atoms with Crippen LogP contribution in [-0.4, -0.2) is 57.7 Å². The molecular weight excluding hydrogens is 282 g/mol. The first kappa shape index (κ1) is 15.0.